The lowest BCUT2D eigenvalue weighted by atomic mass is 9.87. The van der Waals surface area contributed by atoms with E-state index in [0.29, 0.717) is 11.9 Å². The summed E-state index contributed by atoms with van der Waals surface area (Å²) in [7, 11) is 3.84. The number of aliphatic hydroxyl groups is 1. The van der Waals surface area contributed by atoms with E-state index in [0.717, 1.165) is 74.2 Å². The minimum Gasteiger partial charge on any atom is -0.495 e. The largest absolute Gasteiger partial charge is 0.495 e. The van der Waals surface area contributed by atoms with Crippen molar-refractivity contribution in [2.45, 2.75) is 51.3 Å². The standard InChI is InChI=1S/C23H30N6O2/c1-28-8-7-16-10-21(31-2)20(9-17(16)14-28)26-23-24-11-18-12-25-29(22(18)27-23)13-15-3-5-19(30)6-4-15/h9-12,15,19,30H,3-8,13-14H2,1-2H3,(H,24,26,27). The number of hydrogen-bond acceptors (Lipinski definition) is 7. The van der Waals surface area contributed by atoms with E-state index in [1.807, 2.05) is 17.1 Å². The summed E-state index contributed by atoms with van der Waals surface area (Å²) < 4.78 is 7.62. The molecule has 2 N–H and O–H groups in total. The van der Waals surface area contributed by atoms with Gasteiger partial charge in [-0.25, -0.2) is 9.67 Å². The van der Waals surface area contributed by atoms with Crippen LogP contribution in [0, 0.1) is 5.92 Å². The van der Waals surface area contributed by atoms with Gasteiger partial charge >= 0.3 is 0 Å². The number of rotatable bonds is 5. The Bertz CT molecular complexity index is 1070. The maximum absolute atomic E-state index is 9.77. The van der Waals surface area contributed by atoms with E-state index >= 15 is 0 Å². The fourth-order valence-corrected chi connectivity index (χ4v) is 4.75. The number of nitrogens with zero attached hydrogens (tertiary/aromatic N) is 5. The molecule has 0 spiro atoms. The quantitative estimate of drug-likeness (QED) is 0.653. The molecule has 3 aromatic rings. The second kappa shape index (κ2) is 8.43. The molecule has 31 heavy (non-hydrogen) atoms. The monoisotopic (exact) mass is 422 g/mol. The highest BCUT2D eigenvalue weighted by Crippen LogP contribution is 2.33. The van der Waals surface area contributed by atoms with Crippen molar-refractivity contribution in [3.63, 3.8) is 0 Å². The number of nitrogens with one attached hydrogen (secondary N) is 1. The number of ether oxygens (including phenoxy) is 1. The number of likely N-dealkylation sites (N-methyl/N-ethyl adjacent to an activating group) is 1. The van der Waals surface area contributed by atoms with Crippen molar-refractivity contribution >= 4 is 22.7 Å². The van der Waals surface area contributed by atoms with E-state index < -0.39 is 0 Å². The molecule has 5 rings (SSSR count). The van der Waals surface area contributed by atoms with Gasteiger partial charge in [0.25, 0.3) is 0 Å². The molecule has 2 aliphatic rings. The van der Waals surface area contributed by atoms with Gasteiger partial charge in [0.05, 0.1) is 30.5 Å². The molecule has 1 aliphatic heterocycles. The van der Waals surface area contributed by atoms with Gasteiger partial charge < -0.3 is 20.1 Å². The van der Waals surface area contributed by atoms with Crippen LogP contribution in [0.25, 0.3) is 11.0 Å². The van der Waals surface area contributed by atoms with Crippen LogP contribution in [-0.2, 0) is 19.5 Å². The Morgan fingerprint density at radius 1 is 1.16 bits per heavy atom. The van der Waals surface area contributed by atoms with Crippen molar-refractivity contribution in [1.29, 1.82) is 0 Å². The van der Waals surface area contributed by atoms with Crippen LogP contribution in [0.4, 0.5) is 11.6 Å². The van der Waals surface area contributed by atoms with Crippen molar-refractivity contribution < 1.29 is 9.84 Å². The zero-order valence-corrected chi connectivity index (χ0v) is 18.2. The minimum absolute atomic E-state index is 0.143. The van der Waals surface area contributed by atoms with Gasteiger partial charge in [-0.15, -0.1) is 0 Å². The third-order valence-corrected chi connectivity index (χ3v) is 6.60. The molecule has 0 atom stereocenters. The van der Waals surface area contributed by atoms with Crippen LogP contribution >= 0.6 is 0 Å². The Morgan fingerprint density at radius 3 is 2.81 bits per heavy atom. The molecule has 0 unspecified atom stereocenters. The topological polar surface area (TPSA) is 88.3 Å². The molecule has 8 heteroatoms. The summed E-state index contributed by atoms with van der Waals surface area (Å²) in [5.74, 6) is 1.87. The first-order valence-corrected chi connectivity index (χ1v) is 11.1. The summed E-state index contributed by atoms with van der Waals surface area (Å²) in [5.41, 5.74) is 4.36. The maximum Gasteiger partial charge on any atom is 0.229 e. The van der Waals surface area contributed by atoms with E-state index in [2.05, 4.69) is 39.5 Å². The van der Waals surface area contributed by atoms with Gasteiger partial charge in [-0.2, -0.15) is 10.1 Å². The van der Waals surface area contributed by atoms with Crippen molar-refractivity contribution in [2.75, 3.05) is 26.0 Å². The van der Waals surface area contributed by atoms with Crippen LogP contribution < -0.4 is 10.1 Å². The Kier molecular flexibility index (Phi) is 5.50. The number of aliphatic hydroxyl groups excluding tert-OH is 1. The van der Waals surface area contributed by atoms with Crippen LogP contribution in [0.15, 0.2) is 24.5 Å². The molecular weight excluding hydrogens is 392 g/mol. The third kappa shape index (κ3) is 4.22. The Morgan fingerprint density at radius 2 is 2.00 bits per heavy atom. The van der Waals surface area contributed by atoms with E-state index in [4.69, 9.17) is 9.72 Å². The lowest BCUT2D eigenvalue weighted by Crippen LogP contribution is -2.26. The molecule has 1 aliphatic carbocycles. The second-order valence-electron chi connectivity index (χ2n) is 8.91. The van der Waals surface area contributed by atoms with Crippen molar-refractivity contribution in [3.8, 4) is 5.75 Å². The van der Waals surface area contributed by atoms with Crippen LogP contribution in [0.1, 0.15) is 36.8 Å². The van der Waals surface area contributed by atoms with Crippen molar-refractivity contribution in [2.24, 2.45) is 5.92 Å². The highest BCUT2D eigenvalue weighted by Gasteiger charge is 2.21. The fraction of sp³-hybridized carbons (Fsp3) is 0.522. The summed E-state index contributed by atoms with van der Waals surface area (Å²) in [5, 5.41) is 18.6. The Labute approximate surface area is 182 Å². The van der Waals surface area contributed by atoms with E-state index in [-0.39, 0.29) is 6.10 Å². The predicted molar refractivity (Wildman–Crippen MR) is 120 cm³/mol. The van der Waals surface area contributed by atoms with E-state index in [9.17, 15) is 5.11 Å². The molecule has 8 nitrogen and oxygen atoms in total. The van der Waals surface area contributed by atoms with Crippen LogP contribution in [0.5, 0.6) is 5.75 Å². The number of methoxy groups -OCH3 is 1. The summed E-state index contributed by atoms with van der Waals surface area (Å²) in [6.07, 6.45) is 8.33. The molecule has 1 fully saturated rings. The van der Waals surface area contributed by atoms with Gasteiger partial charge in [0.15, 0.2) is 5.65 Å². The first-order chi connectivity index (χ1) is 15.1. The Hall–Kier alpha value is -2.71. The predicted octanol–water partition coefficient (Wildman–Crippen LogP) is 3.12. The molecular formula is C23H30N6O2. The van der Waals surface area contributed by atoms with Crippen LogP contribution in [0.2, 0.25) is 0 Å². The van der Waals surface area contributed by atoms with Crippen molar-refractivity contribution in [3.05, 3.63) is 35.7 Å². The van der Waals surface area contributed by atoms with Crippen LogP contribution in [0.3, 0.4) is 0 Å². The fourth-order valence-electron chi connectivity index (χ4n) is 4.75. The molecule has 164 valence electrons. The number of aromatic nitrogens is 4. The highest BCUT2D eigenvalue weighted by molar-refractivity contribution is 5.76. The normalized spacial score (nSPS) is 21.8. The molecule has 3 heterocycles. The highest BCUT2D eigenvalue weighted by atomic mass is 16.5. The minimum atomic E-state index is -0.143. The zero-order valence-electron chi connectivity index (χ0n) is 18.2. The van der Waals surface area contributed by atoms with E-state index in [1.165, 1.54) is 11.1 Å². The Balaban J connectivity index is 1.40. The zero-order chi connectivity index (χ0) is 21.4. The molecule has 0 bridgehead atoms. The molecule has 1 saturated carbocycles. The summed E-state index contributed by atoms with van der Waals surface area (Å²) in [6, 6.07) is 4.28. The smallest absolute Gasteiger partial charge is 0.229 e. The first kappa shape index (κ1) is 20.2. The second-order valence-corrected chi connectivity index (χ2v) is 8.91. The molecule has 1 aromatic carbocycles. The third-order valence-electron chi connectivity index (χ3n) is 6.60. The first-order valence-electron chi connectivity index (χ1n) is 11.1. The summed E-state index contributed by atoms with van der Waals surface area (Å²) >= 11 is 0. The number of benzene rings is 1. The molecule has 0 saturated heterocycles. The SMILES string of the molecule is COc1cc2c(cc1Nc1ncc3cnn(CC4CCC(O)CC4)c3n1)CN(C)CC2. The number of hydrogen-bond donors (Lipinski definition) is 2. The average molecular weight is 423 g/mol. The molecule has 0 amide bonds. The van der Waals surface area contributed by atoms with Gasteiger partial charge in [0.2, 0.25) is 5.95 Å². The van der Waals surface area contributed by atoms with Crippen molar-refractivity contribution in [1.82, 2.24) is 24.6 Å². The number of fused-ring (bicyclic) bond motifs is 2. The lowest BCUT2D eigenvalue weighted by molar-refractivity contribution is 0.103. The van der Waals surface area contributed by atoms with Crippen LogP contribution in [-0.4, -0.2) is 56.6 Å². The summed E-state index contributed by atoms with van der Waals surface area (Å²) in [6.45, 7) is 2.81. The summed E-state index contributed by atoms with van der Waals surface area (Å²) in [4.78, 5) is 11.6. The maximum atomic E-state index is 9.77. The van der Waals surface area contributed by atoms with Gasteiger partial charge in [0.1, 0.15) is 5.75 Å². The number of anilines is 2. The molecule has 2 aromatic heterocycles. The van der Waals surface area contributed by atoms with Gasteiger partial charge in [-0.3, -0.25) is 0 Å². The van der Waals surface area contributed by atoms with E-state index in [1.54, 1.807) is 7.11 Å². The van der Waals surface area contributed by atoms with Gasteiger partial charge in [-0.1, -0.05) is 0 Å². The van der Waals surface area contributed by atoms with Gasteiger partial charge in [0, 0.05) is 25.8 Å². The van der Waals surface area contributed by atoms with Gasteiger partial charge in [-0.05, 0) is 68.3 Å². The average Bonchev–Trinajstić information content (AvgIpc) is 3.17. The lowest BCUT2D eigenvalue weighted by Gasteiger charge is -2.26. The molecule has 0 radical (unpaired) electrons.